The number of phenols is 1. The fraction of sp³-hybridized carbons (Fsp3) is 0.556. The van der Waals surface area contributed by atoms with Gasteiger partial charge in [-0.25, -0.2) is 9.59 Å². The van der Waals surface area contributed by atoms with Crippen LogP contribution in [-0.4, -0.2) is 63.7 Å². The molecule has 46 heavy (non-hydrogen) atoms. The number of benzene rings is 2. The third-order valence-corrected chi connectivity index (χ3v) is 7.22. The number of nitrogens with one attached hydrogen (secondary N) is 2. The number of amides is 3. The van der Waals surface area contributed by atoms with Crippen LogP contribution in [0.1, 0.15) is 98.7 Å². The van der Waals surface area contributed by atoms with E-state index in [0.717, 1.165) is 12.0 Å². The number of carbonyl (C=O) groups is 4. The van der Waals surface area contributed by atoms with Gasteiger partial charge in [-0.3, -0.25) is 9.59 Å². The molecule has 0 aromatic heterocycles. The number of aromatic hydroxyl groups is 1. The molecule has 0 fully saturated rings. The second-order valence-electron chi connectivity index (χ2n) is 13.7. The number of nitrogens with zero attached hydrogens (tertiary/aromatic N) is 1. The largest absolute Gasteiger partial charge is 0.508 e. The van der Waals surface area contributed by atoms with Crippen LogP contribution in [0, 0.1) is 5.92 Å². The van der Waals surface area contributed by atoms with E-state index in [1.807, 2.05) is 51.1 Å². The quantitative estimate of drug-likeness (QED) is 0.214. The zero-order valence-corrected chi connectivity index (χ0v) is 28.9. The molecule has 0 heterocycles. The van der Waals surface area contributed by atoms with Crippen LogP contribution in [-0.2, 0) is 30.3 Å². The summed E-state index contributed by atoms with van der Waals surface area (Å²) in [7, 11) is 0. The highest BCUT2D eigenvalue weighted by Gasteiger charge is 2.39. The molecule has 0 spiro atoms. The van der Waals surface area contributed by atoms with E-state index in [1.165, 1.54) is 17.0 Å². The van der Waals surface area contributed by atoms with Crippen molar-refractivity contribution < 1.29 is 33.8 Å². The zero-order valence-electron chi connectivity index (χ0n) is 28.9. The summed E-state index contributed by atoms with van der Waals surface area (Å²) in [6.07, 6.45) is 1.27. The van der Waals surface area contributed by atoms with E-state index in [0.29, 0.717) is 18.4 Å². The molecule has 4 unspecified atom stereocenters. The van der Waals surface area contributed by atoms with Gasteiger partial charge in [0.1, 0.15) is 35.1 Å². The summed E-state index contributed by atoms with van der Waals surface area (Å²) >= 11 is 0. The first-order chi connectivity index (χ1) is 21.5. The molecule has 2 aromatic rings. The molecule has 0 aliphatic rings. The molecule has 254 valence electrons. The smallest absolute Gasteiger partial charge is 0.408 e. The first-order valence-electron chi connectivity index (χ1n) is 16.1. The monoisotopic (exact) mass is 639 g/mol. The normalized spacial score (nSPS) is 14.3. The van der Waals surface area contributed by atoms with E-state index in [2.05, 4.69) is 10.6 Å². The highest BCUT2D eigenvalue weighted by molar-refractivity contribution is 5.94. The summed E-state index contributed by atoms with van der Waals surface area (Å²) in [4.78, 5) is 56.6. The molecule has 0 bridgehead atoms. The van der Waals surface area contributed by atoms with Crippen molar-refractivity contribution in [3.63, 3.8) is 0 Å². The van der Waals surface area contributed by atoms with Gasteiger partial charge in [-0.2, -0.15) is 0 Å². The SMILES string of the molecule is CCCCN(C(=O)C(NC(=O)OC(C)(C)C)C(C)CC)C(C(=O)NC(Cc1ccccc1)C(=O)OC(C)(C)C)c1cccc(O)c1. The fourth-order valence-corrected chi connectivity index (χ4v) is 4.83. The lowest BCUT2D eigenvalue weighted by atomic mass is 9.95. The number of alkyl carbamates (subject to hydrolysis) is 1. The van der Waals surface area contributed by atoms with Crippen molar-refractivity contribution in [2.45, 2.75) is 117 Å². The number of carbonyl (C=O) groups excluding carboxylic acids is 4. The number of rotatable bonds is 14. The number of ether oxygens (including phenoxy) is 2. The van der Waals surface area contributed by atoms with Crippen molar-refractivity contribution in [3.8, 4) is 5.75 Å². The summed E-state index contributed by atoms with van der Waals surface area (Å²) in [6.45, 7) is 16.4. The minimum absolute atomic E-state index is 0.0866. The summed E-state index contributed by atoms with van der Waals surface area (Å²) in [5.41, 5.74) is -0.426. The molecule has 2 aromatic carbocycles. The molecule has 0 aliphatic heterocycles. The van der Waals surface area contributed by atoms with Gasteiger partial charge in [-0.15, -0.1) is 0 Å². The maximum absolute atomic E-state index is 14.5. The first-order valence-corrected chi connectivity index (χ1v) is 16.1. The van der Waals surface area contributed by atoms with Crippen LogP contribution < -0.4 is 10.6 Å². The molecule has 2 rings (SSSR count). The number of hydrogen-bond acceptors (Lipinski definition) is 7. The van der Waals surface area contributed by atoms with E-state index in [-0.39, 0.29) is 24.6 Å². The average Bonchev–Trinajstić information content (AvgIpc) is 2.95. The van der Waals surface area contributed by atoms with Gasteiger partial charge in [0.05, 0.1) is 0 Å². The summed E-state index contributed by atoms with van der Waals surface area (Å²) in [5.74, 6) is -2.10. The lowest BCUT2D eigenvalue weighted by Crippen LogP contribution is -2.56. The van der Waals surface area contributed by atoms with E-state index in [9.17, 15) is 24.3 Å². The average molecular weight is 640 g/mol. The van der Waals surface area contributed by atoms with Gasteiger partial charge in [-0.1, -0.05) is 76.1 Å². The summed E-state index contributed by atoms with van der Waals surface area (Å²) in [5, 5.41) is 16.0. The molecular weight excluding hydrogens is 586 g/mol. The van der Waals surface area contributed by atoms with Crippen LogP contribution in [0.2, 0.25) is 0 Å². The number of phenolic OH excluding ortho intramolecular Hbond substituents is 1. The van der Waals surface area contributed by atoms with Gasteiger partial charge in [0.2, 0.25) is 11.8 Å². The highest BCUT2D eigenvalue weighted by Crippen LogP contribution is 2.28. The number of esters is 1. The van der Waals surface area contributed by atoms with Crippen molar-refractivity contribution in [1.29, 1.82) is 0 Å². The maximum Gasteiger partial charge on any atom is 0.408 e. The molecule has 10 heteroatoms. The van der Waals surface area contributed by atoms with Crippen LogP contribution in [0.15, 0.2) is 54.6 Å². The Kier molecular flexibility index (Phi) is 14.1. The lowest BCUT2D eigenvalue weighted by Gasteiger charge is -2.36. The van der Waals surface area contributed by atoms with Crippen LogP contribution in [0.4, 0.5) is 4.79 Å². The third-order valence-electron chi connectivity index (χ3n) is 7.22. The fourth-order valence-electron chi connectivity index (χ4n) is 4.83. The van der Waals surface area contributed by atoms with Gasteiger partial charge in [0, 0.05) is 13.0 Å². The van der Waals surface area contributed by atoms with Gasteiger partial charge in [0.15, 0.2) is 0 Å². The molecule has 0 saturated carbocycles. The minimum Gasteiger partial charge on any atom is -0.508 e. The predicted molar refractivity (Wildman–Crippen MR) is 178 cm³/mol. The Morgan fingerprint density at radius 3 is 2.04 bits per heavy atom. The van der Waals surface area contributed by atoms with Crippen molar-refractivity contribution in [2.24, 2.45) is 5.92 Å². The van der Waals surface area contributed by atoms with Crippen LogP contribution >= 0.6 is 0 Å². The molecule has 0 aliphatic carbocycles. The van der Waals surface area contributed by atoms with Gasteiger partial charge >= 0.3 is 12.1 Å². The van der Waals surface area contributed by atoms with E-state index in [4.69, 9.17) is 9.47 Å². The van der Waals surface area contributed by atoms with Crippen molar-refractivity contribution in [3.05, 3.63) is 65.7 Å². The minimum atomic E-state index is -1.24. The molecular formula is C36H53N3O7. The summed E-state index contributed by atoms with van der Waals surface area (Å²) < 4.78 is 11.2. The van der Waals surface area contributed by atoms with Gasteiger partial charge in [-0.05, 0) is 77.1 Å². The van der Waals surface area contributed by atoms with Crippen molar-refractivity contribution in [2.75, 3.05) is 6.54 Å². The molecule has 3 amide bonds. The van der Waals surface area contributed by atoms with E-state index in [1.54, 1.807) is 53.7 Å². The standard InChI is InChI=1S/C36H53N3O7/c1-10-12-21-39(32(42)29(24(3)11-2)38-34(44)46-36(7,8)9)30(26-19-16-20-27(40)23-26)31(41)37-28(33(43)45-35(4,5)6)22-25-17-14-13-15-18-25/h13-20,23-24,28-30,40H,10-12,21-22H2,1-9H3,(H,37,41)(H,38,44). The Bertz CT molecular complexity index is 1300. The number of unbranched alkanes of at least 4 members (excludes halogenated alkanes) is 1. The van der Waals surface area contributed by atoms with Crippen LogP contribution in [0.5, 0.6) is 5.75 Å². The van der Waals surface area contributed by atoms with Gasteiger partial charge in [0.25, 0.3) is 0 Å². The van der Waals surface area contributed by atoms with Gasteiger partial charge < -0.3 is 30.1 Å². The molecule has 10 nitrogen and oxygen atoms in total. The Morgan fingerprint density at radius 2 is 1.50 bits per heavy atom. The van der Waals surface area contributed by atoms with E-state index < -0.39 is 53.2 Å². The zero-order chi connectivity index (χ0) is 34.7. The lowest BCUT2D eigenvalue weighted by molar-refractivity contribution is -0.159. The Labute approximate surface area is 274 Å². The topological polar surface area (TPSA) is 134 Å². The van der Waals surface area contributed by atoms with E-state index >= 15 is 0 Å². The maximum atomic E-state index is 14.5. The number of hydrogen-bond donors (Lipinski definition) is 3. The molecule has 3 N–H and O–H groups in total. The first kappa shape index (κ1) is 38.1. The highest BCUT2D eigenvalue weighted by atomic mass is 16.6. The van der Waals surface area contributed by atoms with Crippen molar-refractivity contribution in [1.82, 2.24) is 15.5 Å². The summed E-state index contributed by atoms with van der Waals surface area (Å²) in [6, 6.07) is 12.1. The van der Waals surface area contributed by atoms with Crippen LogP contribution in [0.3, 0.4) is 0 Å². The molecule has 0 saturated heterocycles. The molecule has 0 radical (unpaired) electrons. The van der Waals surface area contributed by atoms with Crippen molar-refractivity contribution >= 4 is 23.9 Å². The Balaban J connectivity index is 2.62. The van der Waals surface area contributed by atoms with Crippen LogP contribution in [0.25, 0.3) is 0 Å². The Hall–Kier alpha value is -4.08. The second-order valence-corrected chi connectivity index (χ2v) is 13.7. The predicted octanol–water partition coefficient (Wildman–Crippen LogP) is 6.07. The third kappa shape index (κ3) is 12.4. The second kappa shape index (κ2) is 17.0. The molecule has 4 atom stereocenters. The Morgan fingerprint density at radius 1 is 0.870 bits per heavy atom.